The highest BCUT2D eigenvalue weighted by molar-refractivity contribution is 5.85. The fraction of sp³-hybridized carbons (Fsp3) is 0.520. The van der Waals surface area contributed by atoms with E-state index in [1.165, 1.54) is 37.1 Å². The van der Waals surface area contributed by atoms with E-state index < -0.39 is 0 Å². The molecule has 0 bridgehead atoms. The molecule has 0 saturated carbocycles. The summed E-state index contributed by atoms with van der Waals surface area (Å²) < 4.78 is 11.3. The van der Waals surface area contributed by atoms with Crippen LogP contribution in [-0.2, 0) is 0 Å². The molecule has 0 aliphatic carbocycles. The second kappa shape index (κ2) is 12.1. The van der Waals surface area contributed by atoms with Crippen molar-refractivity contribution in [3.63, 3.8) is 0 Å². The molecule has 0 spiro atoms. The van der Waals surface area contributed by atoms with Crippen LogP contribution in [0.25, 0.3) is 0 Å². The van der Waals surface area contributed by atoms with Crippen LogP contribution in [0.2, 0.25) is 0 Å². The zero-order valence-corrected chi connectivity index (χ0v) is 18.9. The second-order valence-corrected chi connectivity index (χ2v) is 7.77. The Morgan fingerprint density at radius 2 is 1.28 bits per heavy atom. The Hall–Kier alpha value is -1.71. The van der Waals surface area contributed by atoms with Crippen LogP contribution in [0, 0.1) is 0 Å². The molecule has 1 aliphatic rings. The first kappa shape index (κ1) is 23.6. The molecular formula is C25H36ClNO2. The van der Waals surface area contributed by atoms with Gasteiger partial charge >= 0.3 is 0 Å². The zero-order chi connectivity index (χ0) is 19.8. The quantitative estimate of drug-likeness (QED) is 0.454. The molecule has 2 atom stereocenters. The van der Waals surface area contributed by atoms with Crippen LogP contribution >= 0.6 is 12.4 Å². The molecule has 160 valence electrons. The minimum Gasteiger partial charge on any atom is -0.497 e. The highest BCUT2D eigenvalue weighted by Gasteiger charge is 2.22. The van der Waals surface area contributed by atoms with Crippen molar-refractivity contribution in [1.82, 2.24) is 4.90 Å². The van der Waals surface area contributed by atoms with Crippen molar-refractivity contribution in [3.8, 4) is 11.5 Å². The maximum Gasteiger partial charge on any atom is 0.119 e. The number of rotatable bonds is 10. The SMILES string of the molecule is CCC(c1ccc(OC)cc1)C(CC)c1ccc(OCCN2CCCC2)cc1.Cl. The van der Waals surface area contributed by atoms with Crippen molar-refractivity contribution in [2.75, 3.05) is 33.4 Å². The first-order valence-corrected chi connectivity index (χ1v) is 10.8. The molecule has 1 saturated heterocycles. The number of hydrogen-bond acceptors (Lipinski definition) is 3. The van der Waals surface area contributed by atoms with E-state index in [1.807, 2.05) is 0 Å². The molecule has 2 aromatic carbocycles. The van der Waals surface area contributed by atoms with Gasteiger partial charge in [-0.05, 0) is 86.0 Å². The van der Waals surface area contributed by atoms with Gasteiger partial charge in [0.1, 0.15) is 18.1 Å². The predicted octanol–water partition coefficient (Wildman–Crippen LogP) is 6.28. The van der Waals surface area contributed by atoms with Crippen molar-refractivity contribution in [2.45, 2.75) is 51.4 Å². The van der Waals surface area contributed by atoms with Gasteiger partial charge in [-0.15, -0.1) is 12.4 Å². The van der Waals surface area contributed by atoms with Crippen LogP contribution in [0.5, 0.6) is 11.5 Å². The van der Waals surface area contributed by atoms with Crippen LogP contribution in [0.15, 0.2) is 48.5 Å². The average molecular weight is 418 g/mol. The Kier molecular flexibility index (Phi) is 9.83. The Morgan fingerprint density at radius 1 is 0.793 bits per heavy atom. The fourth-order valence-electron chi connectivity index (χ4n) is 4.47. The topological polar surface area (TPSA) is 21.7 Å². The summed E-state index contributed by atoms with van der Waals surface area (Å²) in [7, 11) is 1.72. The number of benzene rings is 2. The lowest BCUT2D eigenvalue weighted by atomic mass is 9.78. The number of hydrogen-bond donors (Lipinski definition) is 0. The van der Waals surface area contributed by atoms with E-state index in [0.717, 1.165) is 37.5 Å². The van der Waals surface area contributed by atoms with Gasteiger partial charge in [-0.2, -0.15) is 0 Å². The van der Waals surface area contributed by atoms with Gasteiger partial charge in [-0.25, -0.2) is 0 Å². The molecular weight excluding hydrogens is 382 g/mol. The van der Waals surface area contributed by atoms with E-state index in [9.17, 15) is 0 Å². The third kappa shape index (κ3) is 6.38. The Bertz CT molecular complexity index is 696. The van der Waals surface area contributed by atoms with Crippen LogP contribution in [0.1, 0.15) is 62.5 Å². The first-order valence-electron chi connectivity index (χ1n) is 10.8. The maximum atomic E-state index is 5.98. The third-order valence-electron chi connectivity index (χ3n) is 6.09. The van der Waals surface area contributed by atoms with E-state index in [-0.39, 0.29) is 12.4 Å². The average Bonchev–Trinajstić information content (AvgIpc) is 3.26. The summed E-state index contributed by atoms with van der Waals surface area (Å²) in [4.78, 5) is 2.49. The van der Waals surface area contributed by atoms with Gasteiger partial charge < -0.3 is 9.47 Å². The van der Waals surface area contributed by atoms with Crippen molar-refractivity contribution in [3.05, 3.63) is 59.7 Å². The number of methoxy groups -OCH3 is 1. The maximum absolute atomic E-state index is 5.98. The predicted molar refractivity (Wildman–Crippen MR) is 124 cm³/mol. The lowest BCUT2D eigenvalue weighted by Crippen LogP contribution is -2.25. The molecule has 0 amide bonds. The molecule has 1 fully saturated rings. The van der Waals surface area contributed by atoms with Crippen molar-refractivity contribution >= 4 is 12.4 Å². The minimum absolute atomic E-state index is 0. The number of nitrogens with zero attached hydrogens (tertiary/aromatic N) is 1. The minimum atomic E-state index is 0. The normalized spacial score (nSPS) is 16.1. The van der Waals surface area contributed by atoms with Crippen molar-refractivity contribution < 1.29 is 9.47 Å². The second-order valence-electron chi connectivity index (χ2n) is 7.77. The smallest absolute Gasteiger partial charge is 0.119 e. The molecule has 1 heterocycles. The van der Waals surface area contributed by atoms with Crippen molar-refractivity contribution in [1.29, 1.82) is 0 Å². The van der Waals surface area contributed by atoms with Gasteiger partial charge in [0.2, 0.25) is 0 Å². The van der Waals surface area contributed by atoms with E-state index in [1.54, 1.807) is 7.11 Å². The molecule has 2 unspecified atom stereocenters. The van der Waals surface area contributed by atoms with Crippen molar-refractivity contribution in [2.24, 2.45) is 0 Å². The molecule has 1 aliphatic heterocycles. The standard InChI is InChI=1S/C25H35NO2.ClH/c1-4-24(20-8-12-22(27-3)13-9-20)25(5-2)21-10-14-23(15-11-21)28-19-18-26-16-6-7-17-26;/h8-15,24-25H,4-7,16-19H2,1-3H3;1H. The van der Waals surface area contributed by atoms with Crippen LogP contribution in [0.3, 0.4) is 0 Å². The van der Waals surface area contributed by atoms with Crippen LogP contribution in [-0.4, -0.2) is 38.3 Å². The molecule has 3 nitrogen and oxygen atoms in total. The summed E-state index contributed by atoms with van der Waals surface area (Å²) in [5.74, 6) is 2.92. The monoisotopic (exact) mass is 417 g/mol. The molecule has 4 heteroatoms. The molecule has 0 radical (unpaired) electrons. The summed E-state index contributed by atoms with van der Waals surface area (Å²) in [5.41, 5.74) is 2.79. The van der Waals surface area contributed by atoms with E-state index in [0.29, 0.717) is 11.8 Å². The Morgan fingerprint density at radius 3 is 1.72 bits per heavy atom. The van der Waals surface area contributed by atoms with Gasteiger partial charge in [0.25, 0.3) is 0 Å². The fourth-order valence-corrected chi connectivity index (χ4v) is 4.47. The lowest BCUT2D eigenvalue weighted by molar-refractivity contribution is 0.237. The Balaban J connectivity index is 0.00000300. The third-order valence-corrected chi connectivity index (χ3v) is 6.09. The van der Waals surface area contributed by atoms with Crippen LogP contribution in [0.4, 0.5) is 0 Å². The summed E-state index contributed by atoms with van der Waals surface area (Å²) in [5, 5.41) is 0. The van der Waals surface area contributed by atoms with Crippen LogP contribution < -0.4 is 9.47 Å². The summed E-state index contributed by atoms with van der Waals surface area (Å²) in [6.07, 6.45) is 4.92. The van der Waals surface area contributed by atoms with E-state index >= 15 is 0 Å². The van der Waals surface area contributed by atoms with Gasteiger partial charge in [-0.1, -0.05) is 38.1 Å². The van der Waals surface area contributed by atoms with Gasteiger partial charge in [-0.3, -0.25) is 4.90 Å². The summed E-state index contributed by atoms with van der Waals surface area (Å²) in [6, 6.07) is 17.4. The first-order chi connectivity index (χ1) is 13.7. The highest BCUT2D eigenvalue weighted by atomic mass is 35.5. The van der Waals surface area contributed by atoms with Gasteiger partial charge in [0.15, 0.2) is 0 Å². The number of halogens is 1. The number of ether oxygens (including phenoxy) is 2. The lowest BCUT2D eigenvalue weighted by Gasteiger charge is -2.26. The molecule has 2 aromatic rings. The Labute approximate surface area is 182 Å². The molecule has 29 heavy (non-hydrogen) atoms. The molecule has 3 rings (SSSR count). The summed E-state index contributed by atoms with van der Waals surface area (Å²) in [6.45, 7) is 8.84. The number of likely N-dealkylation sites (tertiary alicyclic amines) is 1. The largest absolute Gasteiger partial charge is 0.497 e. The molecule has 0 aromatic heterocycles. The van der Waals surface area contributed by atoms with Gasteiger partial charge in [0, 0.05) is 6.54 Å². The molecule has 0 N–H and O–H groups in total. The van der Waals surface area contributed by atoms with E-state index in [2.05, 4.69) is 67.3 Å². The highest BCUT2D eigenvalue weighted by Crippen LogP contribution is 2.38. The van der Waals surface area contributed by atoms with E-state index in [4.69, 9.17) is 9.47 Å². The zero-order valence-electron chi connectivity index (χ0n) is 18.1. The van der Waals surface area contributed by atoms with Gasteiger partial charge in [0.05, 0.1) is 7.11 Å². The summed E-state index contributed by atoms with van der Waals surface area (Å²) >= 11 is 0.